The number of hydrogen-bond acceptors (Lipinski definition) is 6. The fourth-order valence-electron chi connectivity index (χ4n) is 1.99. The highest BCUT2D eigenvalue weighted by atomic mass is 32.2. The number of alkyl halides is 3. The zero-order valence-electron chi connectivity index (χ0n) is 12.7. The molecule has 1 saturated carbocycles. The van der Waals surface area contributed by atoms with E-state index >= 15 is 0 Å². The molecule has 1 aromatic rings. The van der Waals surface area contributed by atoms with Gasteiger partial charge in [0.2, 0.25) is 5.91 Å². The van der Waals surface area contributed by atoms with E-state index in [4.69, 9.17) is 0 Å². The van der Waals surface area contributed by atoms with Gasteiger partial charge in [-0.3, -0.25) is 14.9 Å². The number of nitrogens with zero attached hydrogens (tertiary/aromatic N) is 1. The lowest BCUT2D eigenvalue weighted by molar-refractivity contribution is -0.384. The maximum atomic E-state index is 12.5. The summed E-state index contributed by atoms with van der Waals surface area (Å²) in [6, 6.07) is 1.88. The zero-order chi connectivity index (χ0) is 18.8. The zero-order valence-corrected chi connectivity index (χ0v) is 13.5. The molecular weight excluding hydrogens is 367 g/mol. The lowest BCUT2D eigenvalue weighted by Gasteiger charge is -2.11. The highest BCUT2D eigenvalue weighted by molar-refractivity contribution is 7.92. The monoisotopic (exact) mass is 381 g/mol. The maximum Gasteiger partial charge on any atom is 0.501 e. The van der Waals surface area contributed by atoms with Crippen LogP contribution in [0.5, 0.6) is 0 Å². The SMILES string of the molecule is O=C(NCCNc1ccc(S(=O)(=O)C(F)(F)F)cc1[N+](=O)[O-])C1CC1. The molecule has 0 spiro atoms. The second kappa shape index (κ2) is 6.86. The molecular formula is C13H14F3N3O5S. The third-order valence-electron chi connectivity index (χ3n) is 3.47. The van der Waals surface area contributed by atoms with Gasteiger partial charge in [-0.15, -0.1) is 0 Å². The number of carbonyl (C=O) groups excluding carboxylic acids is 1. The molecule has 0 bridgehead atoms. The summed E-state index contributed by atoms with van der Waals surface area (Å²) < 4.78 is 60.3. The highest BCUT2D eigenvalue weighted by Crippen LogP contribution is 2.34. The van der Waals surface area contributed by atoms with Crippen molar-refractivity contribution >= 4 is 27.1 Å². The lowest BCUT2D eigenvalue weighted by Crippen LogP contribution is -2.30. The van der Waals surface area contributed by atoms with Crippen LogP contribution in [0, 0.1) is 16.0 Å². The highest BCUT2D eigenvalue weighted by Gasteiger charge is 2.47. The van der Waals surface area contributed by atoms with E-state index in [9.17, 15) is 36.5 Å². The number of sulfone groups is 1. The molecule has 0 atom stereocenters. The Morgan fingerprint density at radius 2 is 1.92 bits per heavy atom. The molecule has 0 saturated heterocycles. The van der Waals surface area contributed by atoms with Crippen molar-refractivity contribution in [2.45, 2.75) is 23.2 Å². The molecule has 1 aliphatic rings. The van der Waals surface area contributed by atoms with Gasteiger partial charge < -0.3 is 10.6 Å². The molecule has 1 aliphatic carbocycles. The number of benzene rings is 1. The average Bonchev–Trinajstić information content (AvgIpc) is 3.34. The summed E-state index contributed by atoms with van der Waals surface area (Å²) in [5.41, 5.74) is -6.51. The Balaban J connectivity index is 2.11. The van der Waals surface area contributed by atoms with Crippen LogP contribution in [-0.2, 0) is 14.6 Å². The Bertz CT molecular complexity index is 791. The second-order valence-electron chi connectivity index (χ2n) is 5.38. The molecule has 138 valence electrons. The quantitative estimate of drug-likeness (QED) is 0.423. The predicted molar refractivity (Wildman–Crippen MR) is 80.6 cm³/mol. The first-order valence-corrected chi connectivity index (χ1v) is 8.63. The van der Waals surface area contributed by atoms with Crippen LogP contribution < -0.4 is 10.6 Å². The molecule has 1 amide bonds. The Hall–Kier alpha value is -2.37. The first-order chi connectivity index (χ1) is 11.5. The standard InChI is InChI=1S/C13H14F3N3O5S/c14-13(15,16)25(23,24)9-3-4-10(11(7-9)19(21)22)17-5-6-18-12(20)8-1-2-8/h3-4,7-8,17H,1-2,5-6H2,(H,18,20). The van der Waals surface area contributed by atoms with Crippen molar-refractivity contribution in [1.82, 2.24) is 5.32 Å². The molecule has 12 heteroatoms. The van der Waals surface area contributed by atoms with Crippen LogP contribution in [0.4, 0.5) is 24.5 Å². The van der Waals surface area contributed by atoms with Crippen LogP contribution in [0.2, 0.25) is 0 Å². The lowest BCUT2D eigenvalue weighted by atomic mass is 10.2. The first-order valence-electron chi connectivity index (χ1n) is 7.15. The Labute approximate surface area is 140 Å². The van der Waals surface area contributed by atoms with E-state index in [0.29, 0.717) is 12.1 Å². The summed E-state index contributed by atoms with van der Waals surface area (Å²) in [5, 5.41) is 16.2. The topological polar surface area (TPSA) is 118 Å². The van der Waals surface area contributed by atoms with Gasteiger partial charge >= 0.3 is 5.51 Å². The van der Waals surface area contributed by atoms with Gasteiger partial charge in [0.1, 0.15) is 5.69 Å². The Morgan fingerprint density at radius 1 is 1.28 bits per heavy atom. The van der Waals surface area contributed by atoms with E-state index in [1.807, 2.05) is 0 Å². The molecule has 8 nitrogen and oxygen atoms in total. The van der Waals surface area contributed by atoms with E-state index < -0.39 is 30.9 Å². The van der Waals surface area contributed by atoms with E-state index in [0.717, 1.165) is 18.9 Å². The number of hydrogen-bond donors (Lipinski definition) is 2. The smallest absolute Gasteiger partial charge is 0.378 e. The summed E-state index contributed by atoms with van der Waals surface area (Å²) in [6.07, 6.45) is 1.64. The number of anilines is 1. The van der Waals surface area contributed by atoms with Gasteiger partial charge in [0.25, 0.3) is 15.5 Å². The van der Waals surface area contributed by atoms with E-state index in [1.54, 1.807) is 0 Å². The minimum Gasteiger partial charge on any atom is -0.378 e. The molecule has 25 heavy (non-hydrogen) atoms. The average molecular weight is 381 g/mol. The van der Waals surface area contributed by atoms with E-state index in [2.05, 4.69) is 10.6 Å². The molecule has 0 unspecified atom stereocenters. The van der Waals surface area contributed by atoms with Crippen LogP contribution in [0.15, 0.2) is 23.1 Å². The number of nitro groups is 1. The van der Waals surface area contributed by atoms with E-state index in [-0.39, 0.29) is 30.6 Å². The minimum atomic E-state index is -5.68. The minimum absolute atomic E-state index is 0.00111. The Morgan fingerprint density at radius 3 is 2.44 bits per heavy atom. The fraction of sp³-hybridized carbons (Fsp3) is 0.462. The van der Waals surface area contributed by atoms with Crippen molar-refractivity contribution in [3.8, 4) is 0 Å². The molecule has 0 radical (unpaired) electrons. The van der Waals surface area contributed by atoms with Gasteiger partial charge in [0, 0.05) is 25.1 Å². The first kappa shape index (κ1) is 19.0. The summed E-state index contributed by atoms with van der Waals surface area (Å²) in [4.78, 5) is 20.2. The van der Waals surface area contributed by atoms with Crippen LogP contribution in [0.25, 0.3) is 0 Å². The summed E-state index contributed by atoms with van der Waals surface area (Å²) in [7, 11) is -5.68. The molecule has 2 rings (SSSR count). The third kappa shape index (κ3) is 4.38. The summed E-state index contributed by atoms with van der Waals surface area (Å²) in [6.45, 7) is 0.250. The number of nitro benzene ring substituents is 1. The molecule has 1 fully saturated rings. The Kier molecular flexibility index (Phi) is 5.20. The van der Waals surface area contributed by atoms with Gasteiger partial charge in [0.15, 0.2) is 0 Å². The van der Waals surface area contributed by atoms with Crippen molar-refractivity contribution in [3.05, 3.63) is 28.3 Å². The second-order valence-corrected chi connectivity index (χ2v) is 7.32. The van der Waals surface area contributed by atoms with Crippen molar-refractivity contribution in [3.63, 3.8) is 0 Å². The van der Waals surface area contributed by atoms with Crippen molar-refractivity contribution in [2.24, 2.45) is 5.92 Å². The number of nitrogens with one attached hydrogen (secondary N) is 2. The van der Waals surface area contributed by atoms with Crippen LogP contribution >= 0.6 is 0 Å². The number of carbonyl (C=O) groups is 1. The van der Waals surface area contributed by atoms with Gasteiger partial charge in [-0.2, -0.15) is 13.2 Å². The van der Waals surface area contributed by atoms with Gasteiger partial charge in [0.05, 0.1) is 9.82 Å². The number of amides is 1. The molecule has 2 N–H and O–H groups in total. The molecule has 0 heterocycles. The maximum absolute atomic E-state index is 12.5. The molecule has 1 aromatic carbocycles. The largest absolute Gasteiger partial charge is 0.501 e. The fourth-order valence-corrected chi connectivity index (χ4v) is 2.77. The third-order valence-corrected chi connectivity index (χ3v) is 4.95. The van der Waals surface area contributed by atoms with E-state index in [1.165, 1.54) is 0 Å². The van der Waals surface area contributed by atoms with Gasteiger partial charge in [-0.25, -0.2) is 8.42 Å². The van der Waals surface area contributed by atoms with Crippen molar-refractivity contribution < 1.29 is 31.3 Å². The van der Waals surface area contributed by atoms with Gasteiger partial charge in [-0.1, -0.05) is 0 Å². The van der Waals surface area contributed by atoms with Crippen LogP contribution in [0.1, 0.15) is 12.8 Å². The molecule has 0 aromatic heterocycles. The van der Waals surface area contributed by atoms with Gasteiger partial charge in [-0.05, 0) is 25.0 Å². The summed E-state index contributed by atoms with van der Waals surface area (Å²) >= 11 is 0. The normalized spacial score (nSPS) is 14.8. The van der Waals surface area contributed by atoms with Crippen molar-refractivity contribution in [2.75, 3.05) is 18.4 Å². The van der Waals surface area contributed by atoms with Crippen LogP contribution in [-0.4, -0.2) is 37.8 Å². The number of halogens is 3. The predicted octanol–water partition coefficient (Wildman–Crippen LogP) is 1.83. The molecule has 0 aliphatic heterocycles. The number of rotatable bonds is 7. The van der Waals surface area contributed by atoms with Crippen LogP contribution in [0.3, 0.4) is 0 Å². The summed E-state index contributed by atoms with van der Waals surface area (Å²) in [5.74, 6) is -0.121. The van der Waals surface area contributed by atoms with Crippen molar-refractivity contribution in [1.29, 1.82) is 0 Å².